The number of anilines is 1. The van der Waals surface area contributed by atoms with Crippen LogP contribution in [0.4, 0.5) is 5.82 Å². The van der Waals surface area contributed by atoms with Crippen LogP contribution >= 0.6 is 28.3 Å². The van der Waals surface area contributed by atoms with Crippen molar-refractivity contribution in [2.24, 2.45) is 0 Å². The number of halogens is 2. The van der Waals surface area contributed by atoms with Crippen LogP contribution < -0.4 is 11.4 Å². The first-order valence-corrected chi connectivity index (χ1v) is 6.31. The van der Waals surface area contributed by atoms with Crippen molar-refractivity contribution in [3.05, 3.63) is 22.2 Å². The molecule has 19 heavy (non-hydrogen) atoms. The maximum Gasteiger partial charge on any atom is 0.351 e. The third-order valence-corrected chi connectivity index (χ3v) is 3.92. The van der Waals surface area contributed by atoms with Gasteiger partial charge in [-0.1, -0.05) is 15.9 Å². The van der Waals surface area contributed by atoms with Crippen LogP contribution in [0, 0.1) is 6.92 Å². The number of hydrogen-bond donors (Lipinski definition) is 3. The molecule has 0 radical (unpaired) electrons. The van der Waals surface area contributed by atoms with Gasteiger partial charge in [0.05, 0.1) is 17.5 Å². The molecule has 1 saturated heterocycles. The summed E-state index contributed by atoms with van der Waals surface area (Å²) in [6.07, 6.45) is -0.832. The zero-order valence-corrected chi connectivity index (χ0v) is 12.5. The van der Waals surface area contributed by atoms with Crippen molar-refractivity contribution < 1.29 is 14.9 Å². The van der Waals surface area contributed by atoms with Crippen LogP contribution in [0.5, 0.6) is 0 Å². The quantitative estimate of drug-likeness (QED) is 0.620. The van der Waals surface area contributed by atoms with Gasteiger partial charge in [0.25, 0.3) is 0 Å². The van der Waals surface area contributed by atoms with Gasteiger partial charge in [0.15, 0.2) is 6.23 Å². The molecular weight excluding hydrogens is 341 g/mol. The minimum absolute atomic E-state index is 0. The molecule has 1 aromatic heterocycles. The fourth-order valence-corrected chi connectivity index (χ4v) is 2.56. The number of aryl methyl sites for hydroxylation is 1. The maximum atomic E-state index is 11.8. The van der Waals surface area contributed by atoms with E-state index in [1.807, 2.05) is 0 Å². The lowest BCUT2D eigenvalue weighted by atomic mass is 10.2. The Hall–Kier alpha value is -0.670. The Morgan fingerprint density at radius 3 is 2.79 bits per heavy atom. The van der Waals surface area contributed by atoms with Gasteiger partial charge < -0.3 is 20.7 Å². The van der Waals surface area contributed by atoms with Gasteiger partial charge in [-0.3, -0.25) is 4.57 Å². The third kappa shape index (κ3) is 2.92. The molecule has 0 aliphatic carbocycles. The highest BCUT2D eigenvalue weighted by Gasteiger charge is 2.43. The van der Waals surface area contributed by atoms with E-state index in [0.29, 0.717) is 5.56 Å². The topological polar surface area (TPSA) is 111 Å². The largest absolute Gasteiger partial charge is 0.394 e. The molecule has 1 aliphatic rings. The summed E-state index contributed by atoms with van der Waals surface area (Å²) < 4.78 is 6.69. The molecule has 108 valence electrons. The number of nitrogens with two attached hydrogens (primary N) is 1. The molecule has 4 atom stereocenters. The van der Waals surface area contributed by atoms with Crippen LogP contribution in [0.1, 0.15) is 11.8 Å². The number of rotatable bonds is 2. The lowest BCUT2D eigenvalue weighted by Gasteiger charge is -2.17. The highest BCUT2D eigenvalue weighted by Crippen LogP contribution is 2.33. The molecule has 4 unspecified atom stereocenters. The first-order valence-electron chi connectivity index (χ1n) is 5.39. The van der Waals surface area contributed by atoms with Gasteiger partial charge in [0, 0.05) is 11.8 Å². The van der Waals surface area contributed by atoms with Crippen LogP contribution in [-0.2, 0) is 4.74 Å². The molecule has 1 fully saturated rings. The molecule has 0 amide bonds. The van der Waals surface area contributed by atoms with Crippen LogP contribution in [0.2, 0.25) is 0 Å². The van der Waals surface area contributed by atoms with Crippen LogP contribution in [0.15, 0.2) is 11.0 Å². The molecule has 0 aromatic carbocycles. The highest BCUT2D eigenvalue weighted by molar-refractivity contribution is 9.09. The fourth-order valence-electron chi connectivity index (χ4n) is 1.84. The second kappa shape index (κ2) is 6.19. The Kier molecular flexibility index (Phi) is 5.34. The Morgan fingerprint density at radius 1 is 1.63 bits per heavy atom. The summed E-state index contributed by atoms with van der Waals surface area (Å²) in [6, 6.07) is 0. The van der Waals surface area contributed by atoms with E-state index >= 15 is 0 Å². The van der Waals surface area contributed by atoms with Crippen molar-refractivity contribution in [3.8, 4) is 0 Å². The monoisotopic (exact) mass is 355 g/mol. The Bertz CT molecular complexity index is 512. The van der Waals surface area contributed by atoms with Crippen LogP contribution in [0.3, 0.4) is 0 Å². The normalized spacial score (nSPS) is 30.1. The summed E-state index contributed by atoms with van der Waals surface area (Å²) in [5.41, 5.74) is 5.62. The Labute approximate surface area is 123 Å². The first-order chi connectivity index (χ1) is 8.45. The second-order valence-electron chi connectivity index (χ2n) is 4.18. The molecule has 2 rings (SSSR count). The van der Waals surface area contributed by atoms with Crippen molar-refractivity contribution in [1.82, 2.24) is 9.55 Å². The second-order valence-corrected chi connectivity index (χ2v) is 5.24. The van der Waals surface area contributed by atoms with Gasteiger partial charge in [-0.05, 0) is 6.92 Å². The van der Waals surface area contributed by atoms with Gasteiger partial charge in [0.2, 0.25) is 0 Å². The summed E-state index contributed by atoms with van der Waals surface area (Å²) in [4.78, 5) is 14.9. The first kappa shape index (κ1) is 16.4. The van der Waals surface area contributed by atoms with Gasteiger partial charge in [-0.25, -0.2) is 4.79 Å². The number of hydrogen-bond acceptors (Lipinski definition) is 6. The Morgan fingerprint density at radius 2 is 2.26 bits per heavy atom. The summed E-state index contributed by atoms with van der Waals surface area (Å²) >= 11 is 3.26. The molecular formula is C10H15BrClN3O4. The van der Waals surface area contributed by atoms with E-state index in [2.05, 4.69) is 20.9 Å². The number of aromatic nitrogens is 2. The molecule has 1 aliphatic heterocycles. The van der Waals surface area contributed by atoms with E-state index in [4.69, 9.17) is 15.6 Å². The molecule has 2 heterocycles. The SMILES string of the molecule is Cc1cn(C2OC(CO)C(O)C2Br)c(=O)nc1N.Cl. The van der Waals surface area contributed by atoms with E-state index in [0.717, 1.165) is 0 Å². The van der Waals surface area contributed by atoms with Crippen molar-refractivity contribution in [2.75, 3.05) is 12.3 Å². The molecule has 0 spiro atoms. The molecule has 9 heteroatoms. The maximum absolute atomic E-state index is 11.8. The van der Waals surface area contributed by atoms with E-state index in [1.165, 1.54) is 10.8 Å². The summed E-state index contributed by atoms with van der Waals surface area (Å²) in [7, 11) is 0. The summed E-state index contributed by atoms with van der Waals surface area (Å²) in [6.45, 7) is 1.40. The predicted octanol–water partition coefficient (Wildman–Crippen LogP) is -0.430. The molecule has 4 N–H and O–H groups in total. The third-order valence-electron chi connectivity index (χ3n) is 2.92. The van der Waals surface area contributed by atoms with Crippen LogP contribution in [0.25, 0.3) is 0 Å². The predicted molar refractivity (Wildman–Crippen MR) is 74.6 cm³/mol. The lowest BCUT2D eigenvalue weighted by Crippen LogP contribution is -2.33. The number of nitrogens with zero attached hydrogens (tertiary/aromatic N) is 2. The average Bonchev–Trinajstić information content (AvgIpc) is 2.61. The van der Waals surface area contributed by atoms with Crippen molar-refractivity contribution in [3.63, 3.8) is 0 Å². The minimum atomic E-state index is -0.898. The fraction of sp³-hybridized carbons (Fsp3) is 0.600. The molecule has 0 bridgehead atoms. The van der Waals surface area contributed by atoms with E-state index in [9.17, 15) is 9.90 Å². The Balaban J connectivity index is 0.00000180. The number of nitrogen functional groups attached to an aromatic ring is 1. The lowest BCUT2D eigenvalue weighted by molar-refractivity contribution is -0.0456. The summed E-state index contributed by atoms with van der Waals surface area (Å²) in [5, 5.41) is 18.9. The van der Waals surface area contributed by atoms with Gasteiger partial charge in [-0.15, -0.1) is 12.4 Å². The minimum Gasteiger partial charge on any atom is -0.394 e. The number of aliphatic hydroxyl groups excluding tert-OH is 2. The van der Waals surface area contributed by atoms with E-state index in [-0.39, 0.29) is 24.8 Å². The molecule has 7 nitrogen and oxygen atoms in total. The standard InChI is InChI=1S/C10H14BrN3O4.ClH/c1-4-2-14(10(17)13-8(4)12)9-6(11)7(16)5(3-15)18-9;/h2,5-7,9,15-16H,3H2,1H3,(H2,12,13,17);1H. The van der Waals surface area contributed by atoms with Crippen molar-refractivity contribution >= 4 is 34.2 Å². The van der Waals surface area contributed by atoms with Gasteiger partial charge in [-0.2, -0.15) is 4.98 Å². The van der Waals surface area contributed by atoms with E-state index in [1.54, 1.807) is 6.92 Å². The van der Waals surface area contributed by atoms with Gasteiger partial charge >= 0.3 is 5.69 Å². The molecule has 1 aromatic rings. The molecule has 0 saturated carbocycles. The highest BCUT2D eigenvalue weighted by atomic mass is 79.9. The average molecular weight is 357 g/mol. The zero-order valence-electron chi connectivity index (χ0n) is 10.1. The van der Waals surface area contributed by atoms with E-state index < -0.39 is 29.0 Å². The number of alkyl halides is 1. The van der Waals surface area contributed by atoms with Gasteiger partial charge in [0.1, 0.15) is 11.9 Å². The summed E-state index contributed by atoms with van der Waals surface area (Å²) in [5.74, 6) is 0.166. The smallest absolute Gasteiger partial charge is 0.351 e. The van der Waals surface area contributed by atoms with Crippen molar-refractivity contribution in [2.45, 2.75) is 30.2 Å². The zero-order chi connectivity index (χ0) is 13.4. The number of ether oxygens (including phenoxy) is 1. The van der Waals surface area contributed by atoms with Crippen molar-refractivity contribution in [1.29, 1.82) is 0 Å². The number of aliphatic hydroxyl groups is 2. The van der Waals surface area contributed by atoms with Crippen LogP contribution in [-0.4, -0.2) is 43.4 Å².